The van der Waals surface area contributed by atoms with Crippen molar-refractivity contribution in [3.05, 3.63) is 42.1 Å². The van der Waals surface area contributed by atoms with Gasteiger partial charge >= 0.3 is 6.09 Å². The third kappa shape index (κ3) is 4.48. The molecule has 7 heteroatoms. The molecule has 0 aliphatic carbocycles. The van der Waals surface area contributed by atoms with Crippen LogP contribution in [-0.2, 0) is 11.8 Å². The molecule has 0 bridgehead atoms. The van der Waals surface area contributed by atoms with Gasteiger partial charge in [0, 0.05) is 33.2 Å². The van der Waals surface area contributed by atoms with Crippen molar-refractivity contribution in [2.75, 3.05) is 26.2 Å². The summed E-state index contributed by atoms with van der Waals surface area (Å²) in [4.78, 5) is 28.3. The number of ether oxygens (including phenoxy) is 1. The van der Waals surface area contributed by atoms with E-state index in [-0.39, 0.29) is 12.0 Å². The molecule has 2 amide bonds. The molecule has 2 heterocycles. The maximum atomic E-state index is 12.8. The van der Waals surface area contributed by atoms with Crippen molar-refractivity contribution in [2.45, 2.75) is 26.4 Å². The molecular weight excluding hydrogens is 344 g/mol. The molecule has 0 unspecified atom stereocenters. The zero-order chi connectivity index (χ0) is 19.6. The first-order valence-corrected chi connectivity index (χ1v) is 9.11. The highest BCUT2D eigenvalue weighted by molar-refractivity contribution is 5.93. The number of rotatable bonds is 2. The number of hydrogen-bond donors (Lipinski definition) is 0. The van der Waals surface area contributed by atoms with Gasteiger partial charge in [-0.2, -0.15) is 5.10 Å². The Morgan fingerprint density at radius 2 is 1.59 bits per heavy atom. The third-order valence-electron chi connectivity index (χ3n) is 4.39. The van der Waals surface area contributed by atoms with Crippen molar-refractivity contribution < 1.29 is 14.3 Å². The quantitative estimate of drug-likeness (QED) is 0.815. The van der Waals surface area contributed by atoms with Crippen LogP contribution in [0.25, 0.3) is 11.3 Å². The summed E-state index contributed by atoms with van der Waals surface area (Å²) in [5.41, 5.74) is 1.81. The molecule has 144 valence electrons. The number of carbonyl (C=O) groups is 2. The number of nitrogens with zero attached hydrogens (tertiary/aromatic N) is 4. The molecule has 2 aromatic rings. The van der Waals surface area contributed by atoms with Crippen molar-refractivity contribution >= 4 is 12.0 Å². The molecule has 0 spiro atoms. The summed E-state index contributed by atoms with van der Waals surface area (Å²) < 4.78 is 7.12. The second-order valence-electron chi connectivity index (χ2n) is 7.66. The second kappa shape index (κ2) is 7.42. The average Bonchev–Trinajstić information content (AvgIpc) is 3.02. The van der Waals surface area contributed by atoms with Gasteiger partial charge in [0.05, 0.1) is 5.69 Å². The van der Waals surface area contributed by atoms with Crippen LogP contribution >= 0.6 is 0 Å². The van der Waals surface area contributed by atoms with Crippen LogP contribution in [0.4, 0.5) is 4.79 Å². The number of hydrogen-bond acceptors (Lipinski definition) is 4. The highest BCUT2D eigenvalue weighted by Gasteiger charge is 2.29. The number of piperazine rings is 1. The van der Waals surface area contributed by atoms with E-state index in [1.54, 1.807) is 14.5 Å². The van der Waals surface area contributed by atoms with Gasteiger partial charge in [-0.05, 0) is 32.4 Å². The average molecular weight is 370 g/mol. The fourth-order valence-electron chi connectivity index (χ4n) is 3.03. The zero-order valence-electron chi connectivity index (χ0n) is 16.3. The van der Waals surface area contributed by atoms with Crippen molar-refractivity contribution in [2.24, 2.45) is 7.05 Å². The second-order valence-corrected chi connectivity index (χ2v) is 7.66. The summed E-state index contributed by atoms with van der Waals surface area (Å²) in [6.07, 6.45) is -0.334. The van der Waals surface area contributed by atoms with Crippen molar-refractivity contribution in [3.8, 4) is 11.3 Å². The Morgan fingerprint density at radius 1 is 1.00 bits per heavy atom. The predicted octanol–water partition coefficient (Wildman–Crippen LogP) is 2.78. The van der Waals surface area contributed by atoms with E-state index < -0.39 is 5.60 Å². The van der Waals surface area contributed by atoms with Crippen LogP contribution in [-0.4, -0.2) is 63.4 Å². The molecule has 0 saturated carbocycles. The molecule has 0 radical (unpaired) electrons. The van der Waals surface area contributed by atoms with Gasteiger partial charge in [-0.3, -0.25) is 9.48 Å². The molecule has 1 aromatic heterocycles. The van der Waals surface area contributed by atoms with E-state index in [9.17, 15) is 9.59 Å². The Kier molecular flexibility index (Phi) is 5.21. The Morgan fingerprint density at radius 3 is 2.19 bits per heavy atom. The Hall–Kier alpha value is -2.83. The van der Waals surface area contributed by atoms with Crippen LogP contribution in [0.2, 0.25) is 0 Å². The van der Waals surface area contributed by atoms with Crippen molar-refractivity contribution in [3.63, 3.8) is 0 Å². The maximum Gasteiger partial charge on any atom is 0.410 e. The zero-order valence-corrected chi connectivity index (χ0v) is 16.3. The van der Waals surface area contributed by atoms with E-state index in [1.165, 1.54) is 0 Å². The van der Waals surface area contributed by atoms with E-state index in [1.807, 2.05) is 64.2 Å². The number of carbonyl (C=O) groups excluding carboxylic acids is 2. The molecule has 1 fully saturated rings. The van der Waals surface area contributed by atoms with Crippen LogP contribution < -0.4 is 0 Å². The molecule has 7 nitrogen and oxygen atoms in total. The molecule has 0 atom stereocenters. The highest BCUT2D eigenvalue weighted by Crippen LogP contribution is 2.20. The summed E-state index contributed by atoms with van der Waals surface area (Å²) >= 11 is 0. The van der Waals surface area contributed by atoms with Gasteiger partial charge in [-0.1, -0.05) is 30.3 Å². The van der Waals surface area contributed by atoms with Gasteiger partial charge in [0.15, 0.2) is 5.69 Å². The standard InChI is InChI=1S/C20H26N4O3/c1-20(2,3)27-19(26)24-12-10-23(11-13-24)18(25)16-14-17(22(4)21-16)15-8-6-5-7-9-15/h5-9,14H,10-13H2,1-4H3. The largest absolute Gasteiger partial charge is 0.444 e. The predicted molar refractivity (Wildman–Crippen MR) is 102 cm³/mol. The van der Waals surface area contributed by atoms with Crippen molar-refractivity contribution in [1.29, 1.82) is 0 Å². The van der Waals surface area contributed by atoms with E-state index in [0.717, 1.165) is 11.3 Å². The summed E-state index contributed by atoms with van der Waals surface area (Å²) in [6.45, 7) is 7.38. The summed E-state index contributed by atoms with van der Waals surface area (Å²) in [5, 5.41) is 4.38. The SMILES string of the molecule is Cn1nc(C(=O)N2CCN(C(=O)OC(C)(C)C)CC2)cc1-c1ccccc1. The van der Waals surface area contributed by atoms with Crippen molar-refractivity contribution in [1.82, 2.24) is 19.6 Å². The van der Waals surface area contributed by atoms with Crippen LogP contribution in [0.15, 0.2) is 36.4 Å². The number of aryl methyl sites for hydroxylation is 1. The molecule has 1 aliphatic rings. The van der Waals surface area contributed by atoms with Gasteiger partial charge in [0.2, 0.25) is 0 Å². The lowest BCUT2D eigenvalue weighted by molar-refractivity contribution is 0.0140. The molecule has 1 aromatic carbocycles. The topological polar surface area (TPSA) is 67.7 Å². The smallest absolute Gasteiger partial charge is 0.410 e. The summed E-state index contributed by atoms with van der Waals surface area (Å²) in [7, 11) is 1.83. The van der Waals surface area contributed by atoms with Gasteiger partial charge in [-0.15, -0.1) is 0 Å². The Balaban J connectivity index is 1.64. The van der Waals surface area contributed by atoms with Gasteiger partial charge in [0.25, 0.3) is 5.91 Å². The lowest BCUT2D eigenvalue weighted by Gasteiger charge is -2.35. The fourth-order valence-corrected chi connectivity index (χ4v) is 3.03. The van der Waals surface area contributed by atoms with Gasteiger partial charge in [-0.25, -0.2) is 4.79 Å². The number of amides is 2. The summed E-state index contributed by atoms with van der Waals surface area (Å²) in [5.74, 6) is -0.114. The van der Waals surface area contributed by atoms with Crippen LogP contribution in [0.3, 0.4) is 0 Å². The van der Waals surface area contributed by atoms with E-state index in [2.05, 4.69) is 5.10 Å². The molecule has 1 aliphatic heterocycles. The molecule has 0 N–H and O–H groups in total. The Labute approximate surface area is 159 Å². The molecule has 1 saturated heterocycles. The first-order valence-electron chi connectivity index (χ1n) is 9.11. The first kappa shape index (κ1) is 18.9. The minimum absolute atomic E-state index is 0.114. The molecular formula is C20H26N4O3. The van der Waals surface area contributed by atoms with Crippen LogP contribution in [0.1, 0.15) is 31.3 Å². The molecule has 3 rings (SSSR count). The summed E-state index contributed by atoms with van der Waals surface area (Å²) in [6, 6.07) is 11.7. The van der Waals surface area contributed by atoms with E-state index in [4.69, 9.17) is 4.74 Å². The van der Waals surface area contributed by atoms with Crippen LogP contribution in [0.5, 0.6) is 0 Å². The molecule has 27 heavy (non-hydrogen) atoms. The lowest BCUT2D eigenvalue weighted by atomic mass is 10.1. The first-order chi connectivity index (χ1) is 12.7. The normalized spacial score (nSPS) is 15.0. The maximum absolute atomic E-state index is 12.8. The van der Waals surface area contributed by atoms with E-state index >= 15 is 0 Å². The minimum Gasteiger partial charge on any atom is -0.444 e. The highest BCUT2D eigenvalue weighted by atomic mass is 16.6. The third-order valence-corrected chi connectivity index (χ3v) is 4.39. The minimum atomic E-state index is -0.522. The van der Waals surface area contributed by atoms with Crippen LogP contribution in [0, 0.1) is 0 Å². The fraction of sp³-hybridized carbons (Fsp3) is 0.450. The van der Waals surface area contributed by atoms with Gasteiger partial charge in [0.1, 0.15) is 5.60 Å². The number of benzene rings is 1. The van der Waals surface area contributed by atoms with E-state index in [0.29, 0.717) is 31.9 Å². The number of aromatic nitrogens is 2. The van der Waals surface area contributed by atoms with Gasteiger partial charge < -0.3 is 14.5 Å². The monoisotopic (exact) mass is 370 g/mol. The lowest BCUT2D eigenvalue weighted by Crippen LogP contribution is -2.51. The Bertz CT molecular complexity index is 815.